The zero-order valence-corrected chi connectivity index (χ0v) is 26.9. The number of anilines is 1. The first-order valence-corrected chi connectivity index (χ1v) is 15.1. The highest BCUT2D eigenvalue weighted by Gasteiger charge is 2.34. The first kappa shape index (κ1) is 32.6. The Kier molecular flexibility index (Phi) is 9.76. The van der Waals surface area contributed by atoms with Crippen molar-refractivity contribution < 1.29 is 23.9 Å². The van der Waals surface area contributed by atoms with E-state index in [2.05, 4.69) is 22.2 Å². The van der Waals surface area contributed by atoms with Crippen molar-refractivity contribution in [3.63, 3.8) is 0 Å². The molecule has 3 aromatic rings. The van der Waals surface area contributed by atoms with Gasteiger partial charge in [-0.2, -0.15) is 0 Å². The van der Waals surface area contributed by atoms with E-state index in [1.165, 1.54) is 0 Å². The van der Waals surface area contributed by atoms with E-state index in [4.69, 9.17) is 9.47 Å². The molecule has 2 aromatic carbocycles. The van der Waals surface area contributed by atoms with Crippen molar-refractivity contribution in [2.45, 2.75) is 85.4 Å². The van der Waals surface area contributed by atoms with Gasteiger partial charge in [0, 0.05) is 44.0 Å². The van der Waals surface area contributed by atoms with Gasteiger partial charge in [0.2, 0.25) is 0 Å². The lowest BCUT2D eigenvalue weighted by Gasteiger charge is -2.39. The lowest BCUT2D eigenvalue weighted by molar-refractivity contribution is 0.0117. The van der Waals surface area contributed by atoms with Crippen LogP contribution in [0, 0.1) is 5.41 Å². The van der Waals surface area contributed by atoms with Gasteiger partial charge in [-0.05, 0) is 88.6 Å². The number of amides is 2. The molecule has 0 aliphatic carbocycles. The zero-order chi connectivity index (χ0) is 32.1. The van der Waals surface area contributed by atoms with Crippen LogP contribution in [0.4, 0.5) is 15.3 Å². The van der Waals surface area contributed by atoms with Gasteiger partial charge in [0.1, 0.15) is 17.0 Å². The molecular weight excluding hydrogens is 556 g/mol. The van der Waals surface area contributed by atoms with Crippen molar-refractivity contribution in [1.82, 2.24) is 14.9 Å². The normalized spacial score (nSPS) is 14.9. The van der Waals surface area contributed by atoms with Crippen LogP contribution in [0.5, 0.6) is 0 Å². The predicted octanol–water partition coefficient (Wildman–Crippen LogP) is 7.50. The fourth-order valence-corrected chi connectivity index (χ4v) is 5.06. The van der Waals surface area contributed by atoms with E-state index in [0.717, 1.165) is 24.0 Å². The van der Waals surface area contributed by atoms with Crippen molar-refractivity contribution in [1.29, 1.82) is 0 Å². The van der Waals surface area contributed by atoms with Crippen LogP contribution in [0.15, 0.2) is 60.9 Å². The number of hydrogen-bond acceptors (Lipinski definition) is 7. The van der Waals surface area contributed by atoms with E-state index in [9.17, 15) is 14.4 Å². The molecule has 44 heavy (non-hydrogen) atoms. The van der Waals surface area contributed by atoms with Crippen molar-refractivity contribution >= 4 is 23.7 Å². The molecule has 2 amide bonds. The van der Waals surface area contributed by atoms with Crippen LogP contribution < -0.4 is 5.32 Å². The molecule has 1 saturated heterocycles. The topological polar surface area (TPSA) is 111 Å². The van der Waals surface area contributed by atoms with Crippen molar-refractivity contribution in [3.05, 3.63) is 77.9 Å². The first-order valence-electron chi connectivity index (χ1n) is 15.1. The molecule has 0 atom stereocenters. The van der Waals surface area contributed by atoms with Crippen LogP contribution in [-0.4, -0.2) is 57.1 Å². The maximum absolute atomic E-state index is 13.4. The second kappa shape index (κ2) is 13.2. The number of nitrogens with one attached hydrogen (secondary N) is 1. The van der Waals surface area contributed by atoms with Gasteiger partial charge in [-0.1, -0.05) is 43.3 Å². The van der Waals surface area contributed by atoms with Gasteiger partial charge in [-0.15, -0.1) is 0 Å². The first-order chi connectivity index (χ1) is 20.6. The van der Waals surface area contributed by atoms with Crippen LogP contribution in [0.2, 0.25) is 0 Å². The summed E-state index contributed by atoms with van der Waals surface area (Å²) >= 11 is 0. The number of nitrogens with zero attached hydrogens (tertiary/aromatic N) is 3. The number of likely N-dealkylation sites (tertiary alicyclic amines) is 1. The molecule has 4 rings (SSSR count). The number of Topliss-reactive ketones (excluding diaryl/α,β-unsaturated/α-hetero) is 1. The standard InChI is InChI=1S/C35H44N4O5/c1-33(2,3)43-31(41)38-28-14-13-25(24-11-9-8-10-12-24)19-26(28)20-29(40)27-22-36-30(37-23-27)21-35(7)15-17-39(18-16-35)32(42)44-34(4,5)6/h8-14,19,22-23H,15-18,20-21H2,1-7H3,(H,38,41). The van der Waals surface area contributed by atoms with Crippen molar-refractivity contribution in [2.75, 3.05) is 18.4 Å². The van der Waals surface area contributed by atoms with E-state index in [1.54, 1.807) is 44.1 Å². The maximum Gasteiger partial charge on any atom is 0.412 e. The highest BCUT2D eigenvalue weighted by molar-refractivity contribution is 5.98. The van der Waals surface area contributed by atoms with Crippen molar-refractivity contribution in [3.8, 4) is 11.1 Å². The van der Waals surface area contributed by atoms with Crippen LogP contribution in [0.3, 0.4) is 0 Å². The molecule has 1 fully saturated rings. The number of rotatable bonds is 7. The number of benzene rings is 2. The summed E-state index contributed by atoms with van der Waals surface area (Å²) in [5, 5.41) is 2.81. The summed E-state index contributed by atoms with van der Waals surface area (Å²) in [6, 6.07) is 15.5. The molecule has 0 radical (unpaired) electrons. The Morgan fingerprint density at radius 1 is 0.864 bits per heavy atom. The predicted molar refractivity (Wildman–Crippen MR) is 171 cm³/mol. The second-order valence-electron chi connectivity index (χ2n) is 13.8. The van der Waals surface area contributed by atoms with E-state index in [1.807, 2.05) is 63.2 Å². The van der Waals surface area contributed by atoms with E-state index in [0.29, 0.717) is 42.1 Å². The second-order valence-corrected chi connectivity index (χ2v) is 13.8. The third kappa shape index (κ3) is 9.36. The molecule has 0 unspecified atom stereocenters. The van der Waals surface area contributed by atoms with E-state index >= 15 is 0 Å². The summed E-state index contributed by atoms with van der Waals surface area (Å²) < 4.78 is 11.0. The summed E-state index contributed by atoms with van der Waals surface area (Å²) in [6.45, 7) is 14.4. The molecule has 1 aliphatic heterocycles. The Morgan fingerprint density at radius 3 is 2.07 bits per heavy atom. The van der Waals surface area contributed by atoms with Gasteiger partial charge in [0.25, 0.3) is 0 Å². The largest absolute Gasteiger partial charge is 0.444 e. The SMILES string of the molecule is CC1(Cc2ncc(C(=O)Cc3cc(-c4ccccc4)ccc3NC(=O)OC(C)(C)C)cn2)CCN(C(=O)OC(C)(C)C)CC1. The summed E-state index contributed by atoms with van der Waals surface area (Å²) in [5.74, 6) is 0.499. The van der Waals surface area contributed by atoms with Crippen LogP contribution in [-0.2, 0) is 22.3 Å². The Hall–Kier alpha value is -4.27. The average molecular weight is 601 g/mol. The number of carbonyl (C=O) groups is 3. The fourth-order valence-electron chi connectivity index (χ4n) is 5.06. The summed E-state index contributed by atoms with van der Waals surface area (Å²) in [6.07, 6.45) is 4.59. The van der Waals surface area contributed by atoms with Gasteiger partial charge in [0.15, 0.2) is 5.78 Å². The lowest BCUT2D eigenvalue weighted by Crippen LogP contribution is -2.45. The van der Waals surface area contributed by atoms with Gasteiger partial charge >= 0.3 is 12.2 Å². The molecule has 2 heterocycles. The molecule has 1 aromatic heterocycles. The van der Waals surface area contributed by atoms with Gasteiger partial charge in [0.05, 0.1) is 5.56 Å². The smallest absolute Gasteiger partial charge is 0.412 e. The maximum atomic E-state index is 13.4. The molecule has 9 heteroatoms. The van der Waals surface area contributed by atoms with Gasteiger partial charge < -0.3 is 14.4 Å². The van der Waals surface area contributed by atoms with Crippen LogP contribution >= 0.6 is 0 Å². The Morgan fingerprint density at radius 2 is 1.48 bits per heavy atom. The summed E-state index contributed by atoms with van der Waals surface area (Å²) in [4.78, 5) is 49.3. The number of carbonyl (C=O) groups excluding carboxylic acids is 3. The van der Waals surface area contributed by atoms with Crippen molar-refractivity contribution in [2.24, 2.45) is 5.41 Å². The van der Waals surface area contributed by atoms with E-state index < -0.39 is 17.3 Å². The fraction of sp³-hybridized carbons (Fsp3) is 0.457. The minimum atomic E-state index is -0.657. The molecule has 0 spiro atoms. The number of piperidine rings is 1. The Bertz CT molecular complexity index is 1470. The molecule has 234 valence electrons. The molecule has 0 saturated carbocycles. The van der Waals surface area contributed by atoms with Crippen LogP contribution in [0.25, 0.3) is 11.1 Å². The average Bonchev–Trinajstić information content (AvgIpc) is 2.93. The van der Waals surface area contributed by atoms with Crippen LogP contribution in [0.1, 0.15) is 83.1 Å². The highest BCUT2D eigenvalue weighted by atomic mass is 16.6. The Labute approximate surface area is 260 Å². The minimum Gasteiger partial charge on any atom is -0.444 e. The highest BCUT2D eigenvalue weighted by Crippen LogP contribution is 2.34. The third-order valence-electron chi connectivity index (χ3n) is 7.43. The monoisotopic (exact) mass is 600 g/mol. The zero-order valence-electron chi connectivity index (χ0n) is 26.9. The number of ketones is 1. The molecular formula is C35H44N4O5. The van der Waals surface area contributed by atoms with E-state index in [-0.39, 0.29) is 23.7 Å². The van der Waals surface area contributed by atoms with Gasteiger partial charge in [-0.25, -0.2) is 19.6 Å². The number of hydrogen-bond donors (Lipinski definition) is 1. The summed E-state index contributed by atoms with van der Waals surface area (Å²) in [7, 11) is 0. The van der Waals surface area contributed by atoms with Gasteiger partial charge in [-0.3, -0.25) is 10.1 Å². The minimum absolute atomic E-state index is 0.0483. The molecule has 0 bridgehead atoms. The lowest BCUT2D eigenvalue weighted by atomic mass is 9.77. The summed E-state index contributed by atoms with van der Waals surface area (Å²) in [5.41, 5.74) is 2.26. The molecule has 1 N–H and O–H groups in total. The number of aromatic nitrogens is 2. The quantitative estimate of drug-likeness (QED) is 0.280. The third-order valence-corrected chi connectivity index (χ3v) is 7.43. The molecule has 9 nitrogen and oxygen atoms in total. The number of ether oxygens (including phenoxy) is 2. The Balaban J connectivity index is 1.44. The molecule has 1 aliphatic rings.